The van der Waals surface area contributed by atoms with Gasteiger partial charge in [0.2, 0.25) is 0 Å². The van der Waals surface area contributed by atoms with Crippen molar-refractivity contribution in [3.05, 3.63) is 10.6 Å². The molecule has 0 aromatic carbocycles. The molecule has 3 nitrogen and oxygen atoms in total. The van der Waals surface area contributed by atoms with Gasteiger partial charge >= 0.3 is 0 Å². The Kier molecular flexibility index (Phi) is 5.05. The van der Waals surface area contributed by atoms with Crippen molar-refractivity contribution in [3.8, 4) is 0 Å². The molecule has 15 heavy (non-hydrogen) atoms. The molecule has 1 aromatic heterocycles. The lowest BCUT2D eigenvalue weighted by atomic mass is 10.3. The summed E-state index contributed by atoms with van der Waals surface area (Å²) < 4.78 is 0. The summed E-state index contributed by atoms with van der Waals surface area (Å²) in [5.41, 5.74) is 1.16. The molecule has 0 atom stereocenters. The van der Waals surface area contributed by atoms with Crippen molar-refractivity contribution in [1.82, 2.24) is 10.3 Å². The second-order valence-corrected chi connectivity index (χ2v) is 4.87. The Labute approximate surface area is 96.5 Å². The summed E-state index contributed by atoms with van der Waals surface area (Å²) >= 11 is 1.79. The number of unbranched alkanes of at least 4 members (excludes halogenated alkanes) is 1. The molecule has 0 saturated carbocycles. The molecule has 0 unspecified atom stereocenters. The molecule has 0 radical (unpaired) electrons. The Morgan fingerprint density at radius 1 is 1.47 bits per heavy atom. The fraction of sp³-hybridized carbons (Fsp3) is 0.727. The molecule has 1 rings (SSSR count). The zero-order valence-corrected chi connectivity index (χ0v) is 10.9. The summed E-state index contributed by atoms with van der Waals surface area (Å²) in [5, 5.41) is 4.32. The van der Waals surface area contributed by atoms with E-state index < -0.39 is 0 Å². The predicted molar refractivity (Wildman–Crippen MR) is 67.8 cm³/mol. The maximum atomic E-state index is 4.59. The van der Waals surface area contributed by atoms with Gasteiger partial charge in [-0.3, -0.25) is 0 Å². The van der Waals surface area contributed by atoms with E-state index >= 15 is 0 Å². The van der Waals surface area contributed by atoms with Crippen LogP contribution in [0.3, 0.4) is 0 Å². The fourth-order valence-corrected chi connectivity index (χ4v) is 2.45. The third-order valence-electron chi connectivity index (χ3n) is 2.39. The van der Waals surface area contributed by atoms with Crippen LogP contribution in [0.4, 0.5) is 5.13 Å². The topological polar surface area (TPSA) is 28.2 Å². The van der Waals surface area contributed by atoms with Crippen LogP contribution < -0.4 is 10.2 Å². The van der Waals surface area contributed by atoms with Crippen LogP contribution in [0.1, 0.15) is 30.3 Å². The molecule has 0 aliphatic carbocycles. The summed E-state index contributed by atoms with van der Waals surface area (Å²) in [6, 6.07) is 0. The summed E-state index contributed by atoms with van der Waals surface area (Å²) in [7, 11) is 4.09. The third-order valence-corrected chi connectivity index (χ3v) is 3.66. The van der Waals surface area contributed by atoms with Gasteiger partial charge in [0, 0.05) is 25.0 Å². The lowest BCUT2D eigenvalue weighted by Gasteiger charge is -2.14. The number of thiazole rings is 1. The molecular weight excluding hydrogens is 206 g/mol. The van der Waals surface area contributed by atoms with Crippen molar-refractivity contribution in [2.75, 3.05) is 25.5 Å². The molecule has 4 heteroatoms. The Hall–Kier alpha value is -0.610. The van der Waals surface area contributed by atoms with Gasteiger partial charge in [0.1, 0.15) is 0 Å². The monoisotopic (exact) mass is 227 g/mol. The van der Waals surface area contributed by atoms with Crippen LogP contribution in [0, 0.1) is 6.92 Å². The predicted octanol–water partition coefficient (Wildman–Crippen LogP) is 2.41. The number of anilines is 1. The van der Waals surface area contributed by atoms with E-state index in [-0.39, 0.29) is 0 Å². The highest BCUT2D eigenvalue weighted by Crippen LogP contribution is 2.25. The highest BCUT2D eigenvalue weighted by atomic mass is 32.1. The average molecular weight is 227 g/mol. The first kappa shape index (κ1) is 12.5. The number of hydrogen-bond acceptors (Lipinski definition) is 4. The Bertz CT molecular complexity index is 296. The molecule has 0 bridgehead atoms. The summed E-state index contributed by atoms with van der Waals surface area (Å²) in [6.45, 7) is 6.32. The molecular formula is C11H21N3S. The Morgan fingerprint density at radius 2 is 2.20 bits per heavy atom. The molecule has 0 aliphatic heterocycles. The minimum atomic E-state index is 0.922. The lowest BCUT2D eigenvalue weighted by molar-refractivity contribution is 0.764. The summed E-state index contributed by atoms with van der Waals surface area (Å²) in [5.74, 6) is 0. The van der Waals surface area contributed by atoms with Gasteiger partial charge < -0.3 is 10.2 Å². The van der Waals surface area contributed by atoms with Gasteiger partial charge in [-0.25, -0.2) is 4.98 Å². The number of aromatic nitrogens is 1. The van der Waals surface area contributed by atoms with Crippen molar-refractivity contribution in [2.45, 2.75) is 33.2 Å². The van der Waals surface area contributed by atoms with E-state index in [1.807, 2.05) is 7.05 Å². The van der Waals surface area contributed by atoms with Crippen molar-refractivity contribution in [3.63, 3.8) is 0 Å². The van der Waals surface area contributed by atoms with Crippen LogP contribution in [0.2, 0.25) is 0 Å². The first-order valence-electron chi connectivity index (χ1n) is 5.51. The third kappa shape index (κ3) is 3.47. The largest absolute Gasteiger partial charge is 0.351 e. The molecule has 0 fully saturated rings. The van der Waals surface area contributed by atoms with E-state index in [1.165, 1.54) is 17.7 Å². The normalized spacial score (nSPS) is 10.7. The number of nitrogens with one attached hydrogen (secondary N) is 1. The van der Waals surface area contributed by atoms with E-state index in [4.69, 9.17) is 0 Å². The second kappa shape index (κ2) is 6.08. The fourth-order valence-electron chi connectivity index (χ4n) is 1.39. The molecule has 0 spiro atoms. The summed E-state index contributed by atoms with van der Waals surface area (Å²) in [6.07, 6.45) is 2.47. The highest BCUT2D eigenvalue weighted by Gasteiger charge is 2.09. The van der Waals surface area contributed by atoms with Gasteiger partial charge in [-0.15, -0.1) is 11.3 Å². The standard InChI is InChI=1S/C11H21N3S/c1-5-6-7-14(4)11-13-9(2)10(15-11)8-12-3/h12H,5-8H2,1-4H3. The summed E-state index contributed by atoms with van der Waals surface area (Å²) in [4.78, 5) is 8.18. The molecule has 0 saturated heterocycles. The number of rotatable bonds is 6. The molecule has 0 amide bonds. The van der Waals surface area contributed by atoms with Gasteiger partial charge in [0.15, 0.2) is 5.13 Å². The van der Waals surface area contributed by atoms with Crippen molar-refractivity contribution >= 4 is 16.5 Å². The van der Waals surface area contributed by atoms with E-state index in [9.17, 15) is 0 Å². The quantitative estimate of drug-likeness (QED) is 0.809. The molecule has 1 N–H and O–H groups in total. The van der Waals surface area contributed by atoms with E-state index in [0.29, 0.717) is 0 Å². The highest BCUT2D eigenvalue weighted by molar-refractivity contribution is 7.15. The number of nitrogens with zero attached hydrogens (tertiary/aromatic N) is 2. The van der Waals surface area contributed by atoms with Crippen LogP contribution in [-0.4, -0.2) is 25.6 Å². The van der Waals surface area contributed by atoms with E-state index in [0.717, 1.165) is 23.9 Å². The van der Waals surface area contributed by atoms with Gasteiger partial charge in [-0.05, 0) is 20.4 Å². The van der Waals surface area contributed by atoms with Crippen LogP contribution in [0.5, 0.6) is 0 Å². The van der Waals surface area contributed by atoms with Crippen LogP contribution in [-0.2, 0) is 6.54 Å². The lowest BCUT2D eigenvalue weighted by Crippen LogP contribution is -2.17. The van der Waals surface area contributed by atoms with Gasteiger partial charge in [0.05, 0.1) is 5.69 Å². The first-order valence-corrected chi connectivity index (χ1v) is 6.32. The maximum Gasteiger partial charge on any atom is 0.185 e. The van der Waals surface area contributed by atoms with Gasteiger partial charge in [-0.1, -0.05) is 13.3 Å². The number of aryl methyl sites for hydroxylation is 1. The smallest absolute Gasteiger partial charge is 0.185 e. The van der Waals surface area contributed by atoms with Crippen molar-refractivity contribution in [1.29, 1.82) is 0 Å². The zero-order chi connectivity index (χ0) is 11.3. The van der Waals surface area contributed by atoms with Gasteiger partial charge in [-0.2, -0.15) is 0 Å². The van der Waals surface area contributed by atoms with Crippen LogP contribution >= 0.6 is 11.3 Å². The maximum absolute atomic E-state index is 4.59. The molecule has 1 aromatic rings. The number of hydrogen-bond donors (Lipinski definition) is 1. The average Bonchev–Trinajstić information content (AvgIpc) is 2.58. The van der Waals surface area contributed by atoms with Crippen molar-refractivity contribution in [2.24, 2.45) is 0 Å². The molecule has 0 aliphatic rings. The minimum Gasteiger partial charge on any atom is -0.351 e. The Balaban J connectivity index is 2.64. The SMILES string of the molecule is CCCCN(C)c1nc(C)c(CNC)s1. The zero-order valence-electron chi connectivity index (χ0n) is 10.1. The van der Waals surface area contributed by atoms with E-state index in [2.05, 4.69) is 36.1 Å². The second-order valence-electron chi connectivity index (χ2n) is 3.81. The van der Waals surface area contributed by atoms with Gasteiger partial charge in [0.25, 0.3) is 0 Å². The molecule has 1 heterocycles. The van der Waals surface area contributed by atoms with E-state index in [1.54, 1.807) is 11.3 Å². The Morgan fingerprint density at radius 3 is 2.80 bits per heavy atom. The minimum absolute atomic E-state index is 0.922. The first-order chi connectivity index (χ1) is 7.19. The van der Waals surface area contributed by atoms with Crippen molar-refractivity contribution < 1.29 is 0 Å². The van der Waals surface area contributed by atoms with Crippen LogP contribution in [0.25, 0.3) is 0 Å². The molecule has 86 valence electrons. The van der Waals surface area contributed by atoms with Crippen LogP contribution in [0.15, 0.2) is 0 Å².